The van der Waals surface area contributed by atoms with Crippen molar-refractivity contribution >= 4 is 56.8 Å². The standard InChI is InChI=1S/C30H24ClF3N4O3S2/c1-15(2)41-29(40)26-18-9-8-17(16-6-4-3-5-7-16)12-22(18)43-28(26)36-27(39)20-14-25-35-19(21-10-11-24(31)42-21)13-23(30(32,33)34)38(25)37-20/h3-7,10-11,13-15,17H,8-9,12H2,1-2H3,(H,36,39)/t17-/m0/s1. The highest BCUT2D eigenvalue weighted by atomic mass is 35.5. The van der Waals surface area contributed by atoms with Gasteiger partial charge in [0.1, 0.15) is 5.00 Å². The van der Waals surface area contributed by atoms with Gasteiger partial charge in [0.25, 0.3) is 5.91 Å². The first-order chi connectivity index (χ1) is 20.5. The Kier molecular flexibility index (Phi) is 7.78. The van der Waals surface area contributed by atoms with E-state index in [1.807, 2.05) is 18.2 Å². The van der Waals surface area contributed by atoms with Crippen molar-refractivity contribution in [2.24, 2.45) is 0 Å². The zero-order valence-corrected chi connectivity index (χ0v) is 25.3. The molecule has 0 saturated carbocycles. The zero-order chi connectivity index (χ0) is 30.5. The Labute approximate surface area is 257 Å². The van der Waals surface area contributed by atoms with Gasteiger partial charge in [-0.3, -0.25) is 4.79 Å². The summed E-state index contributed by atoms with van der Waals surface area (Å²) in [4.78, 5) is 32.4. The molecule has 43 heavy (non-hydrogen) atoms. The number of alkyl halides is 3. The van der Waals surface area contributed by atoms with Crippen molar-refractivity contribution in [1.29, 1.82) is 0 Å². The zero-order valence-electron chi connectivity index (χ0n) is 22.9. The molecule has 1 N–H and O–H groups in total. The van der Waals surface area contributed by atoms with Crippen molar-refractivity contribution in [2.45, 2.75) is 51.3 Å². The van der Waals surface area contributed by atoms with E-state index in [1.165, 1.54) is 23.0 Å². The molecule has 1 aliphatic rings. The topological polar surface area (TPSA) is 85.6 Å². The quantitative estimate of drug-likeness (QED) is 0.188. The fourth-order valence-corrected chi connectivity index (χ4v) is 7.52. The molecule has 0 aliphatic heterocycles. The third-order valence-corrected chi connectivity index (χ3v) is 9.51. The molecule has 0 spiro atoms. The van der Waals surface area contributed by atoms with Gasteiger partial charge >= 0.3 is 12.1 Å². The second-order valence-electron chi connectivity index (χ2n) is 10.4. The maximum atomic E-state index is 14.0. The van der Waals surface area contributed by atoms with Gasteiger partial charge in [0.15, 0.2) is 17.0 Å². The van der Waals surface area contributed by atoms with E-state index in [0.717, 1.165) is 34.3 Å². The highest BCUT2D eigenvalue weighted by molar-refractivity contribution is 7.19. The molecule has 5 aromatic rings. The Balaban J connectivity index is 1.36. The highest BCUT2D eigenvalue weighted by Gasteiger charge is 2.36. The summed E-state index contributed by atoms with van der Waals surface area (Å²) in [6, 6.07) is 15.3. The van der Waals surface area contributed by atoms with Crippen LogP contribution in [0, 0.1) is 0 Å². The van der Waals surface area contributed by atoms with Crippen LogP contribution in [-0.2, 0) is 23.8 Å². The van der Waals surface area contributed by atoms with Crippen LogP contribution in [0.4, 0.5) is 18.2 Å². The van der Waals surface area contributed by atoms with Crippen molar-refractivity contribution in [3.63, 3.8) is 0 Å². The number of carbonyl (C=O) groups is 2. The van der Waals surface area contributed by atoms with Gasteiger partial charge in [-0.15, -0.1) is 22.7 Å². The number of thiophene rings is 2. The molecule has 4 heterocycles. The van der Waals surface area contributed by atoms with Gasteiger partial charge < -0.3 is 10.1 Å². The number of aromatic nitrogens is 3. The minimum atomic E-state index is -4.77. The molecule has 1 atom stereocenters. The largest absolute Gasteiger partial charge is 0.459 e. The molecule has 1 aliphatic carbocycles. The first kappa shape index (κ1) is 29.3. The van der Waals surface area contributed by atoms with E-state index < -0.39 is 23.7 Å². The summed E-state index contributed by atoms with van der Waals surface area (Å²) in [6.07, 6.45) is -3.03. The summed E-state index contributed by atoms with van der Waals surface area (Å²) in [5.41, 5.74) is 0.834. The van der Waals surface area contributed by atoms with Crippen LogP contribution in [0.1, 0.15) is 68.7 Å². The molecule has 4 aromatic heterocycles. The summed E-state index contributed by atoms with van der Waals surface area (Å²) in [5.74, 6) is -1.07. The molecular formula is C30H24ClF3N4O3S2. The van der Waals surface area contributed by atoms with Gasteiger partial charge in [-0.2, -0.15) is 18.3 Å². The molecule has 0 fully saturated rings. The second kappa shape index (κ2) is 11.4. The number of ether oxygens (including phenoxy) is 1. The lowest BCUT2D eigenvalue weighted by molar-refractivity contribution is -0.142. The highest BCUT2D eigenvalue weighted by Crippen LogP contribution is 2.43. The number of fused-ring (bicyclic) bond motifs is 2. The number of hydrogen-bond acceptors (Lipinski definition) is 7. The third kappa shape index (κ3) is 5.91. The van der Waals surface area contributed by atoms with E-state index >= 15 is 0 Å². The fourth-order valence-electron chi connectivity index (χ4n) is 5.21. The molecule has 6 rings (SSSR count). The number of halogens is 4. The van der Waals surface area contributed by atoms with Crippen LogP contribution in [0.5, 0.6) is 0 Å². The number of amides is 1. The molecule has 0 saturated heterocycles. The Morgan fingerprint density at radius 3 is 2.56 bits per heavy atom. The van der Waals surface area contributed by atoms with Crippen molar-refractivity contribution in [1.82, 2.24) is 14.6 Å². The third-order valence-electron chi connectivity index (χ3n) is 7.09. The Bertz CT molecular complexity index is 1850. The summed E-state index contributed by atoms with van der Waals surface area (Å²) in [6.45, 7) is 3.47. The summed E-state index contributed by atoms with van der Waals surface area (Å²) < 4.78 is 48.7. The molecule has 7 nitrogen and oxygen atoms in total. The van der Waals surface area contributed by atoms with E-state index in [0.29, 0.717) is 26.6 Å². The molecule has 13 heteroatoms. The predicted molar refractivity (Wildman–Crippen MR) is 160 cm³/mol. The van der Waals surface area contributed by atoms with Gasteiger partial charge in [-0.1, -0.05) is 41.9 Å². The molecule has 0 radical (unpaired) electrons. The monoisotopic (exact) mass is 644 g/mol. The Morgan fingerprint density at radius 2 is 1.88 bits per heavy atom. The lowest BCUT2D eigenvalue weighted by atomic mass is 9.83. The van der Waals surface area contributed by atoms with Crippen LogP contribution < -0.4 is 5.32 Å². The van der Waals surface area contributed by atoms with Crippen molar-refractivity contribution in [2.75, 3.05) is 5.32 Å². The van der Waals surface area contributed by atoms with Crippen molar-refractivity contribution in [3.8, 4) is 10.6 Å². The van der Waals surface area contributed by atoms with E-state index in [-0.39, 0.29) is 39.6 Å². The number of hydrogen-bond donors (Lipinski definition) is 1. The summed E-state index contributed by atoms with van der Waals surface area (Å²) in [5, 5.41) is 6.98. The number of carbonyl (C=O) groups excluding carboxylic acids is 2. The van der Waals surface area contributed by atoms with Crippen LogP contribution >= 0.6 is 34.3 Å². The van der Waals surface area contributed by atoms with Crippen molar-refractivity contribution in [3.05, 3.63) is 91.9 Å². The molecule has 0 bridgehead atoms. The number of rotatable bonds is 6. The van der Waals surface area contributed by atoms with Crippen LogP contribution in [-0.4, -0.2) is 32.6 Å². The van der Waals surface area contributed by atoms with E-state index in [9.17, 15) is 22.8 Å². The number of benzene rings is 1. The fraction of sp³-hybridized carbons (Fsp3) is 0.267. The Hall–Kier alpha value is -3.74. The van der Waals surface area contributed by atoms with Gasteiger partial charge in [0.2, 0.25) is 0 Å². The number of nitrogens with zero attached hydrogens (tertiary/aromatic N) is 3. The van der Waals surface area contributed by atoms with E-state index in [1.54, 1.807) is 26.0 Å². The maximum absolute atomic E-state index is 14.0. The SMILES string of the molecule is CC(C)OC(=O)c1c(NC(=O)c2cc3nc(-c4ccc(Cl)s4)cc(C(F)(F)F)n3n2)sc2c1CC[C@H](c1ccccc1)C2. The van der Waals surface area contributed by atoms with E-state index in [2.05, 4.69) is 27.5 Å². The van der Waals surface area contributed by atoms with Crippen LogP contribution in [0.25, 0.3) is 16.2 Å². The maximum Gasteiger partial charge on any atom is 0.433 e. The minimum Gasteiger partial charge on any atom is -0.459 e. The minimum absolute atomic E-state index is 0.0567. The first-order valence-electron chi connectivity index (χ1n) is 13.4. The number of esters is 1. The van der Waals surface area contributed by atoms with Gasteiger partial charge in [-0.05, 0) is 68.4 Å². The van der Waals surface area contributed by atoms with Gasteiger partial charge in [-0.25, -0.2) is 14.3 Å². The predicted octanol–water partition coefficient (Wildman–Crippen LogP) is 8.28. The van der Waals surface area contributed by atoms with Gasteiger partial charge in [0, 0.05) is 10.9 Å². The smallest absolute Gasteiger partial charge is 0.433 e. The van der Waals surface area contributed by atoms with Crippen molar-refractivity contribution < 1.29 is 27.5 Å². The van der Waals surface area contributed by atoms with Gasteiger partial charge in [0.05, 0.1) is 26.6 Å². The molecule has 1 aromatic carbocycles. The average molecular weight is 645 g/mol. The average Bonchev–Trinajstić information content (AvgIpc) is 3.67. The number of anilines is 1. The lowest BCUT2D eigenvalue weighted by Crippen LogP contribution is -2.19. The van der Waals surface area contributed by atoms with E-state index in [4.69, 9.17) is 16.3 Å². The normalized spacial score (nSPS) is 15.1. The van der Waals surface area contributed by atoms with Crippen LogP contribution in [0.2, 0.25) is 4.34 Å². The lowest BCUT2D eigenvalue weighted by Gasteiger charge is -2.23. The van der Waals surface area contributed by atoms with Crippen LogP contribution in [0.3, 0.4) is 0 Å². The first-order valence-corrected chi connectivity index (χ1v) is 15.4. The second-order valence-corrected chi connectivity index (χ2v) is 13.2. The molecule has 0 unspecified atom stereocenters. The molecule has 1 amide bonds. The molecular weight excluding hydrogens is 621 g/mol. The summed E-state index contributed by atoms with van der Waals surface area (Å²) >= 11 is 8.36. The summed E-state index contributed by atoms with van der Waals surface area (Å²) in [7, 11) is 0. The Morgan fingerprint density at radius 1 is 1.12 bits per heavy atom. The number of nitrogens with one attached hydrogen (secondary N) is 1. The molecule has 222 valence electrons. The van der Waals surface area contributed by atoms with Crippen LogP contribution in [0.15, 0.2) is 54.6 Å².